The van der Waals surface area contributed by atoms with E-state index < -0.39 is 25.2 Å². The Morgan fingerprint density at radius 2 is 2.10 bits per heavy atom. The van der Waals surface area contributed by atoms with Crippen molar-refractivity contribution in [2.24, 2.45) is 0 Å². The second-order valence-corrected chi connectivity index (χ2v) is 10.9. The first kappa shape index (κ1) is 17.2. The minimum Gasteiger partial charge on any atom is -0.391 e. The molecule has 0 aliphatic carbocycles. The van der Waals surface area contributed by atoms with Gasteiger partial charge in [-0.3, -0.25) is 0 Å². The van der Waals surface area contributed by atoms with Crippen molar-refractivity contribution < 1.29 is 21.9 Å². The second-order valence-electron chi connectivity index (χ2n) is 4.46. The maximum Gasteiger partial charge on any atom is 0.245 e. The fraction of sp³-hybridized carbons (Fsp3) is 0.636. The van der Waals surface area contributed by atoms with E-state index in [-0.39, 0.29) is 29.6 Å². The van der Waals surface area contributed by atoms with Gasteiger partial charge in [-0.1, -0.05) is 6.92 Å². The summed E-state index contributed by atoms with van der Waals surface area (Å²) in [5.74, 6) is 0.711. The van der Waals surface area contributed by atoms with Crippen LogP contribution in [0.1, 0.15) is 11.8 Å². The van der Waals surface area contributed by atoms with Gasteiger partial charge in [0.25, 0.3) is 0 Å². The molecule has 1 aliphatic rings. The molecular weight excluding hydrogens is 354 g/mol. The van der Waals surface area contributed by atoms with E-state index in [1.807, 2.05) is 0 Å². The quantitative estimate of drug-likeness (QED) is 0.821. The summed E-state index contributed by atoms with van der Waals surface area (Å²) >= 11 is 2.58. The number of sulfone groups is 1. The van der Waals surface area contributed by atoms with Crippen LogP contribution in [0.3, 0.4) is 0 Å². The van der Waals surface area contributed by atoms with Crippen LogP contribution in [0, 0.1) is 0 Å². The molecule has 1 unspecified atom stereocenters. The Kier molecular flexibility index (Phi) is 5.37. The van der Waals surface area contributed by atoms with Crippen molar-refractivity contribution in [3.63, 3.8) is 0 Å². The van der Waals surface area contributed by atoms with Crippen LogP contribution < -0.4 is 0 Å². The van der Waals surface area contributed by atoms with Crippen molar-refractivity contribution in [2.45, 2.75) is 23.8 Å². The number of aliphatic hydroxyl groups excluding tert-OH is 1. The monoisotopic (exact) mass is 371 g/mol. The molecule has 1 fully saturated rings. The van der Waals surface area contributed by atoms with Crippen LogP contribution in [0.25, 0.3) is 0 Å². The highest BCUT2D eigenvalue weighted by Crippen LogP contribution is 2.31. The largest absolute Gasteiger partial charge is 0.391 e. The number of aliphatic hydroxyl groups is 1. The molecule has 1 N–H and O–H groups in total. The van der Waals surface area contributed by atoms with Crippen molar-refractivity contribution in [1.29, 1.82) is 0 Å². The summed E-state index contributed by atoms with van der Waals surface area (Å²) in [5, 5.41) is 9.80. The zero-order chi connectivity index (χ0) is 15.7. The van der Waals surface area contributed by atoms with Gasteiger partial charge in [0.15, 0.2) is 9.84 Å². The highest BCUT2D eigenvalue weighted by atomic mass is 32.2. The summed E-state index contributed by atoms with van der Waals surface area (Å²) in [6.45, 7) is 1.31. The molecule has 1 atom stereocenters. The zero-order valence-electron chi connectivity index (χ0n) is 11.4. The first-order chi connectivity index (χ1) is 9.84. The van der Waals surface area contributed by atoms with Gasteiger partial charge in [0.2, 0.25) is 10.0 Å². The molecule has 1 aromatic rings. The van der Waals surface area contributed by atoms with Gasteiger partial charge in [-0.25, -0.2) is 16.8 Å². The summed E-state index contributed by atoms with van der Waals surface area (Å²) in [5.41, 5.74) is 0. The molecule has 21 heavy (non-hydrogen) atoms. The molecule has 0 radical (unpaired) electrons. The van der Waals surface area contributed by atoms with Crippen LogP contribution in [0.4, 0.5) is 0 Å². The molecule has 1 aromatic heterocycles. The van der Waals surface area contributed by atoms with Crippen molar-refractivity contribution in [2.75, 3.05) is 23.8 Å². The minimum absolute atomic E-state index is 0.0122. The summed E-state index contributed by atoms with van der Waals surface area (Å²) in [7, 11) is -7.41. The van der Waals surface area contributed by atoms with Crippen LogP contribution in [0.2, 0.25) is 0 Å². The van der Waals surface area contributed by atoms with Gasteiger partial charge < -0.3 is 5.11 Å². The zero-order valence-corrected chi connectivity index (χ0v) is 14.7. The topological polar surface area (TPSA) is 91.8 Å². The molecule has 2 rings (SSSR count). The van der Waals surface area contributed by atoms with E-state index in [0.29, 0.717) is 10.6 Å². The van der Waals surface area contributed by atoms with Crippen LogP contribution in [0.15, 0.2) is 16.3 Å². The van der Waals surface area contributed by atoms with Crippen LogP contribution in [-0.4, -0.2) is 55.4 Å². The number of hydrogen-bond acceptors (Lipinski definition) is 7. The normalized spacial score (nSPS) is 21.5. The number of rotatable bonds is 5. The molecule has 0 amide bonds. The Morgan fingerprint density at radius 1 is 1.38 bits per heavy atom. The smallest absolute Gasteiger partial charge is 0.245 e. The van der Waals surface area contributed by atoms with Gasteiger partial charge in [-0.05, 0) is 11.4 Å². The molecule has 1 saturated heterocycles. The van der Waals surface area contributed by atoms with Crippen molar-refractivity contribution in [3.05, 3.63) is 16.3 Å². The molecule has 0 aromatic carbocycles. The van der Waals surface area contributed by atoms with Crippen molar-refractivity contribution in [3.8, 4) is 0 Å². The number of sulfonamides is 1. The fourth-order valence-corrected chi connectivity index (χ4v) is 8.63. The molecular formula is C11H17NO5S4. The number of thiophene rings is 1. The molecule has 1 aliphatic heterocycles. The van der Waals surface area contributed by atoms with E-state index in [1.165, 1.54) is 24.8 Å². The Bertz CT molecular complexity index is 694. The highest BCUT2D eigenvalue weighted by molar-refractivity contribution is 8.01. The van der Waals surface area contributed by atoms with Gasteiger partial charge >= 0.3 is 0 Å². The van der Waals surface area contributed by atoms with E-state index in [4.69, 9.17) is 0 Å². The van der Waals surface area contributed by atoms with Gasteiger partial charge in [0.05, 0.1) is 11.5 Å². The lowest BCUT2D eigenvalue weighted by Crippen LogP contribution is -2.50. The lowest BCUT2D eigenvalue weighted by atomic mass is 10.5. The molecule has 0 saturated carbocycles. The first-order valence-corrected chi connectivity index (χ1v) is 11.5. The predicted molar refractivity (Wildman–Crippen MR) is 84.7 cm³/mol. The summed E-state index contributed by atoms with van der Waals surface area (Å²) in [6.07, 6.45) is 0. The van der Waals surface area contributed by atoms with E-state index in [0.717, 1.165) is 15.6 Å². The molecule has 6 nitrogen and oxygen atoms in total. The highest BCUT2D eigenvalue weighted by Gasteiger charge is 2.41. The van der Waals surface area contributed by atoms with Crippen LogP contribution in [-0.2, 0) is 26.5 Å². The van der Waals surface area contributed by atoms with Gasteiger partial charge in [0.1, 0.15) is 5.37 Å². The maximum absolute atomic E-state index is 12.7. The van der Waals surface area contributed by atoms with E-state index in [1.54, 1.807) is 5.38 Å². The van der Waals surface area contributed by atoms with Crippen LogP contribution >= 0.6 is 23.1 Å². The first-order valence-electron chi connectivity index (χ1n) is 6.33. The standard InChI is InChI=1S/C11H17NO5S4/c1-2-20(14,15)11-8-18-6-4-12(11)21(16,17)10-3-5-19-9(10)7-13/h3,5,11,13H,2,4,6-8H2,1H3. The van der Waals surface area contributed by atoms with E-state index in [2.05, 4.69) is 0 Å². The second kappa shape index (κ2) is 6.55. The van der Waals surface area contributed by atoms with E-state index in [9.17, 15) is 21.9 Å². The average Bonchev–Trinajstić information content (AvgIpc) is 2.96. The lowest BCUT2D eigenvalue weighted by molar-refractivity contribution is 0.282. The maximum atomic E-state index is 12.7. The molecule has 120 valence electrons. The van der Waals surface area contributed by atoms with Gasteiger partial charge in [-0.2, -0.15) is 16.1 Å². The predicted octanol–water partition coefficient (Wildman–Crippen LogP) is 0.739. The lowest BCUT2D eigenvalue weighted by Gasteiger charge is -2.33. The van der Waals surface area contributed by atoms with E-state index >= 15 is 0 Å². The fourth-order valence-electron chi connectivity index (χ4n) is 2.12. The Labute approximate surface area is 133 Å². The average molecular weight is 372 g/mol. The SMILES string of the molecule is CCS(=O)(=O)C1CSCCN1S(=O)(=O)c1ccsc1CO. The Balaban J connectivity index is 2.46. The Hall–Kier alpha value is -0.130. The summed E-state index contributed by atoms with van der Waals surface area (Å²) in [6, 6.07) is 1.42. The molecule has 2 heterocycles. The number of hydrogen-bond donors (Lipinski definition) is 1. The third kappa shape index (κ3) is 3.30. The molecule has 10 heteroatoms. The number of thioether (sulfide) groups is 1. The number of nitrogens with zero attached hydrogens (tertiary/aromatic N) is 1. The third-order valence-corrected chi connectivity index (χ3v) is 9.74. The Morgan fingerprint density at radius 3 is 2.71 bits per heavy atom. The van der Waals surface area contributed by atoms with Gasteiger partial charge in [0, 0.05) is 28.7 Å². The van der Waals surface area contributed by atoms with Crippen molar-refractivity contribution >= 4 is 43.0 Å². The minimum atomic E-state index is -3.91. The van der Waals surface area contributed by atoms with Crippen LogP contribution in [0.5, 0.6) is 0 Å². The van der Waals surface area contributed by atoms with Gasteiger partial charge in [-0.15, -0.1) is 11.3 Å². The summed E-state index contributed by atoms with van der Waals surface area (Å²) in [4.78, 5) is 0.346. The molecule has 0 bridgehead atoms. The van der Waals surface area contributed by atoms with Crippen molar-refractivity contribution in [1.82, 2.24) is 4.31 Å². The molecule has 0 spiro atoms. The summed E-state index contributed by atoms with van der Waals surface area (Å²) < 4.78 is 50.9. The third-order valence-electron chi connectivity index (χ3n) is 3.29.